The normalized spacial score (nSPS) is 10.0. The number of benzene rings is 2. The summed E-state index contributed by atoms with van der Waals surface area (Å²) in [5.41, 5.74) is -0.597. The Morgan fingerprint density at radius 1 is 1.09 bits per heavy atom. The molecule has 0 amide bonds. The number of rotatable bonds is 3. The molecule has 23 heavy (non-hydrogen) atoms. The molecule has 116 valence electrons. The molecule has 0 bridgehead atoms. The van der Waals surface area contributed by atoms with Crippen LogP contribution in [-0.4, -0.2) is 14.1 Å². The lowest BCUT2D eigenvalue weighted by molar-refractivity contribution is 0.492. The number of nitrogens with zero attached hydrogens (tertiary/aromatic N) is 3. The largest absolute Gasteiger partial charge is 0.378 e. The van der Waals surface area contributed by atoms with Gasteiger partial charge in [-0.2, -0.15) is 5.26 Å². The first-order chi connectivity index (χ1) is 10.9. The van der Waals surface area contributed by atoms with Crippen LogP contribution in [0.2, 0.25) is 0 Å². The van der Waals surface area contributed by atoms with E-state index in [-0.39, 0.29) is 12.0 Å². The lowest BCUT2D eigenvalue weighted by Gasteiger charge is -2.13. The zero-order valence-electron chi connectivity index (χ0n) is 12.5. The van der Waals surface area contributed by atoms with E-state index in [1.54, 1.807) is 24.3 Å². The van der Waals surface area contributed by atoms with Gasteiger partial charge >= 0.3 is 0 Å². The quantitative estimate of drug-likeness (QED) is 0.628. The van der Waals surface area contributed by atoms with Gasteiger partial charge in [-0.15, -0.1) is 0 Å². The Morgan fingerprint density at radius 3 is 2.17 bits per heavy atom. The summed E-state index contributed by atoms with van der Waals surface area (Å²) in [5, 5.41) is 9.04. The van der Waals surface area contributed by atoms with Gasteiger partial charge in [0.15, 0.2) is 17.5 Å². The molecule has 0 unspecified atom stereocenters. The molecular weight excluding hydrogens is 303 g/mol. The maximum Gasteiger partial charge on any atom is 0.261 e. The highest BCUT2D eigenvalue weighted by molar-refractivity contribution is 5.58. The predicted octanol–water partition coefficient (Wildman–Crippen LogP) is 4.18. The van der Waals surface area contributed by atoms with Crippen LogP contribution in [-0.2, 0) is 6.42 Å². The Kier molecular flexibility index (Phi) is 4.57. The molecule has 6 heteroatoms. The number of hydrogen-bond acceptors (Lipinski definition) is 2. The molecule has 0 saturated heterocycles. The fraction of sp³-hybridized carbons (Fsp3) is 0.176. The van der Waals surface area contributed by atoms with Crippen molar-refractivity contribution in [3.8, 4) is 6.07 Å². The molecule has 0 atom stereocenters. The van der Waals surface area contributed by atoms with Crippen molar-refractivity contribution in [3.05, 3.63) is 69.8 Å². The first-order valence-electron chi connectivity index (χ1n) is 6.63. The third-order valence-corrected chi connectivity index (χ3v) is 3.45. The molecule has 0 spiro atoms. The molecule has 0 heterocycles. The van der Waals surface area contributed by atoms with E-state index in [1.165, 1.54) is 6.07 Å². The third-order valence-electron chi connectivity index (χ3n) is 3.45. The summed E-state index contributed by atoms with van der Waals surface area (Å²) in [6, 6.07) is 8.46. The Morgan fingerprint density at radius 2 is 1.70 bits per heavy atom. The molecule has 0 N–H and O–H groups in total. The van der Waals surface area contributed by atoms with Crippen molar-refractivity contribution in [1.29, 1.82) is 5.26 Å². The minimum absolute atomic E-state index is 0.144. The average Bonchev–Trinajstić information content (AvgIpc) is 2.54. The molecule has 0 aromatic heterocycles. The summed E-state index contributed by atoms with van der Waals surface area (Å²) in [5.74, 6) is -4.23. The van der Waals surface area contributed by atoms with Gasteiger partial charge in [-0.3, -0.25) is 0 Å². The van der Waals surface area contributed by atoms with Crippen molar-refractivity contribution in [1.82, 2.24) is 0 Å². The van der Waals surface area contributed by atoms with Crippen molar-refractivity contribution < 1.29 is 13.2 Å². The van der Waals surface area contributed by atoms with Gasteiger partial charge < -0.3 is 4.90 Å². The van der Waals surface area contributed by atoms with Crippen molar-refractivity contribution in [2.75, 3.05) is 19.0 Å². The third kappa shape index (κ3) is 2.97. The van der Waals surface area contributed by atoms with Crippen LogP contribution in [0, 0.1) is 35.4 Å². The maximum absolute atomic E-state index is 14.1. The van der Waals surface area contributed by atoms with Gasteiger partial charge in [0.2, 0.25) is 0 Å². The first kappa shape index (κ1) is 16.4. The summed E-state index contributed by atoms with van der Waals surface area (Å²) < 4.78 is 41.9. The molecule has 0 aliphatic heterocycles. The Bertz CT molecular complexity index is 828. The molecule has 2 aromatic carbocycles. The molecular formula is C17H12F3N3. The van der Waals surface area contributed by atoms with Crippen molar-refractivity contribution >= 4 is 11.4 Å². The summed E-state index contributed by atoms with van der Waals surface area (Å²) in [6.45, 7) is 6.71. The average molecular weight is 315 g/mol. The fourth-order valence-electron chi connectivity index (χ4n) is 2.19. The van der Waals surface area contributed by atoms with Crippen LogP contribution in [0.15, 0.2) is 24.3 Å². The zero-order valence-corrected chi connectivity index (χ0v) is 12.5. The van der Waals surface area contributed by atoms with Crippen LogP contribution in [0.3, 0.4) is 0 Å². The topological polar surface area (TPSA) is 31.4 Å². The van der Waals surface area contributed by atoms with Gasteiger partial charge in [-0.1, -0.05) is 12.1 Å². The summed E-state index contributed by atoms with van der Waals surface area (Å²) >= 11 is 0. The van der Waals surface area contributed by atoms with Crippen LogP contribution >= 0.6 is 0 Å². The van der Waals surface area contributed by atoms with E-state index in [4.69, 9.17) is 11.8 Å². The number of hydrogen-bond donors (Lipinski definition) is 0. The van der Waals surface area contributed by atoms with Crippen LogP contribution in [0.4, 0.5) is 24.5 Å². The Hall–Kier alpha value is -2.99. The van der Waals surface area contributed by atoms with Crippen molar-refractivity contribution in [2.24, 2.45) is 0 Å². The van der Waals surface area contributed by atoms with Gasteiger partial charge in [0.1, 0.15) is 6.07 Å². The summed E-state index contributed by atoms with van der Waals surface area (Å²) in [7, 11) is 3.71. The second-order valence-corrected chi connectivity index (χ2v) is 5.11. The molecule has 2 aromatic rings. The van der Waals surface area contributed by atoms with Gasteiger partial charge in [0.05, 0.1) is 12.1 Å². The molecule has 2 rings (SSSR count). The van der Waals surface area contributed by atoms with Crippen molar-refractivity contribution in [3.63, 3.8) is 0 Å². The lowest BCUT2D eigenvalue weighted by atomic mass is 9.98. The second-order valence-electron chi connectivity index (χ2n) is 5.11. The standard InChI is InChI=1S/C17H12F3N3/c1-22-17-15(19)13(9-21)12(14(18)16(17)20)8-10-4-6-11(7-5-10)23(2)3/h4-7H,8H2,2-3H3. The smallest absolute Gasteiger partial charge is 0.261 e. The molecule has 3 nitrogen and oxygen atoms in total. The van der Waals surface area contributed by atoms with Gasteiger partial charge in [0, 0.05) is 31.8 Å². The van der Waals surface area contributed by atoms with Crippen LogP contribution < -0.4 is 4.90 Å². The van der Waals surface area contributed by atoms with E-state index in [2.05, 4.69) is 4.85 Å². The summed E-state index contributed by atoms with van der Waals surface area (Å²) in [4.78, 5) is 4.49. The Labute approximate surface area is 132 Å². The SMILES string of the molecule is [C-]#[N+]c1c(F)c(F)c(Cc2ccc(N(C)C)cc2)c(C#N)c1F. The van der Waals surface area contributed by atoms with E-state index in [1.807, 2.05) is 19.0 Å². The van der Waals surface area contributed by atoms with Gasteiger partial charge in [-0.05, 0) is 17.7 Å². The molecule has 0 saturated carbocycles. The first-order valence-corrected chi connectivity index (χ1v) is 6.63. The predicted molar refractivity (Wildman–Crippen MR) is 80.9 cm³/mol. The monoisotopic (exact) mass is 315 g/mol. The fourth-order valence-corrected chi connectivity index (χ4v) is 2.19. The van der Waals surface area contributed by atoms with E-state index >= 15 is 0 Å². The highest BCUT2D eigenvalue weighted by atomic mass is 19.2. The molecule has 0 aliphatic rings. The molecule has 0 aliphatic carbocycles. The van der Waals surface area contributed by atoms with Gasteiger partial charge in [-0.25, -0.2) is 18.0 Å². The van der Waals surface area contributed by atoms with E-state index in [9.17, 15) is 13.2 Å². The van der Waals surface area contributed by atoms with Crippen LogP contribution in [0.1, 0.15) is 16.7 Å². The van der Waals surface area contributed by atoms with E-state index in [0.29, 0.717) is 5.56 Å². The van der Waals surface area contributed by atoms with Crippen LogP contribution in [0.5, 0.6) is 0 Å². The maximum atomic E-state index is 14.1. The number of nitriles is 1. The van der Waals surface area contributed by atoms with Crippen LogP contribution in [0.25, 0.3) is 4.85 Å². The minimum atomic E-state index is -1.56. The number of anilines is 1. The van der Waals surface area contributed by atoms with Gasteiger partial charge in [0.25, 0.3) is 5.69 Å². The number of halogens is 3. The highest BCUT2D eigenvalue weighted by Gasteiger charge is 2.25. The highest BCUT2D eigenvalue weighted by Crippen LogP contribution is 2.32. The Balaban J connectivity index is 2.52. The second kappa shape index (κ2) is 6.41. The molecule has 0 fully saturated rings. The zero-order chi connectivity index (χ0) is 17.1. The lowest BCUT2D eigenvalue weighted by Crippen LogP contribution is -2.08. The summed E-state index contributed by atoms with van der Waals surface area (Å²) in [6.07, 6.45) is -0.144. The van der Waals surface area contributed by atoms with E-state index in [0.717, 1.165) is 5.69 Å². The van der Waals surface area contributed by atoms with E-state index < -0.39 is 28.7 Å². The molecule has 0 radical (unpaired) electrons. The van der Waals surface area contributed by atoms with Crippen molar-refractivity contribution in [2.45, 2.75) is 6.42 Å². The minimum Gasteiger partial charge on any atom is -0.378 e.